The van der Waals surface area contributed by atoms with Crippen LogP contribution in [-0.2, 0) is 0 Å². The quantitative estimate of drug-likeness (QED) is 0.788. The Morgan fingerprint density at radius 1 is 1.50 bits per heavy atom. The SMILES string of the molecule is O=c1[nH]c(-c2c(F)cccc2Cl)no1. The van der Waals surface area contributed by atoms with E-state index < -0.39 is 11.6 Å². The molecular weight excluding hydrogens is 211 g/mol. The predicted octanol–water partition coefficient (Wildman–Crippen LogP) is 1.82. The van der Waals surface area contributed by atoms with Crippen molar-refractivity contribution in [3.63, 3.8) is 0 Å². The van der Waals surface area contributed by atoms with Gasteiger partial charge >= 0.3 is 5.76 Å². The van der Waals surface area contributed by atoms with Gasteiger partial charge in [-0.15, -0.1) is 0 Å². The summed E-state index contributed by atoms with van der Waals surface area (Å²) in [6.07, 6.45) is 0. The Balaban J connectivity index is 2.67. The van der Waals surface area contributed by atoms with Crippen molar-refractivity contribution < 1.29 is 8.91 Å². The number of H-pyrrole nitrogens is 1. The Morgan fingerprint density at radius 2 is 2.29 bits per heavy atom. The van der Waals surface area contributed by atoms with Crippen molar-refractivity contribution in [2.75, 3.05) is 0 Å². The van der Waals surface area contributed by atoms with Gasteiger partial charge in [0, 0.05) is 0 Å². The van der Waals surface area contributed by atoms with Crippen LogP contribution in [0.3, 0.4) is 0 Å². The molecular formula is C8H4ClFN2O2. The summed E-state index contributed by atoms with van der Waals surface area (Å²) in [5.41, 5.74) is 0.0278. The fourth-order valence-corrected chi connectivity index (χ4v) is 1.31. The lowest BCUT2D eigenvalue weighted by Crippen LogP contribution is -1.96. The molecule has 0 radical (unpaired) electrons. The average molecular weight is 215 g/mol. The molecule has 4 nitrogen and oxygen atoms in total. The maximum Gasteiger partial charge on any atom is 0.439 e. The third-order valence-corrected chi connectivity index (χ3v) is 1.95. The van der Waals surface area contributed by atoms with Crippen molar-refractivity contribution in [3.05, 3.63) is 39.6 Å². The van der Waals surface area contributed by atoms with Crippen molar-refractivity contribution in [2.45, 2.75) is 0 Å². The number of aromatic amines is 1. The van der Waals surface area contributed by atoms with Crippen LogP contribution in [0.5, 0.6) is 0 Å². The molecule has 0 saturated heterocycles. The summed E-state index contributed by atoms with van der Waals surface area (Å²) >= 11 is 5.73. The van der Waals surface area contributed by atoms with Crippen molar-refractivity contribution >= 4 is 11.6 Å². The third kappa shape index (κ3) is 1.42. The molecule has 0 amide bonds. The van der Waals surface area contributed by atoms with Crippen LogP contribution in [0.2, 0.25) is 5.02 Å². The number of hydrogen-bond donors (Lipinski definition) is 1. The van der Waals surface area contributed by atoms with Gasteiger partial charge in [-0.2, -0.15) is 0 Å². The first-order valence-electron chi connectivity index (χ1n) is 3.69. The van der Waals surface area contributed by atoms with Gasteiger partial charge in [0.05, 0.1) is 10.6 Å². The number of nitrogens with zero attached hydrogens (tertiary/aromatic N) is 1. The second-order valence-corrected chi connectivity index (χ2v) is 2.95. The molecule has 0 fully saturated rings. The van der Waals surface area contributed by atoms with Crippen LogP contribution in [0.4, 0.5) is 4.39 Å². The fourth-order valence-electron chi connectivity index (χ4n) is 1.06. The van der Waals surface area contributed by atoms with Crippen molar-refractivity contribution in [3.8, 4) is 11.4 Å². The van der Waals surface area contributed by atoms with Crippen LogP contribution < -0.4 is 5.76 Å². The van der Waals surface area contributed by atoms with Crippen LogP contribution >= 0.6 is 11.6 Å². The van der Waals surface area contributed by atoms with Crippen molar-refractivity contribution in [1.82, 2.24) is 10.1 Å². The topological polar surface area (TPSA) is 58.9 Å². The lowest BCUT2D eigenvalue weighted by molar-refractivity contribution is 0.387. The van der Waals surface area contributed by atoms with E-state index in [-0.39, 0.29) is 16.4 Å². The number of rotatable bonds is 1. The van der Waals surface area contributed by atoms with Gasteiger partial charge in [0.2, 0.25) is 0 Å². The number of nitrogens with one attached hydrogen (secondary N) is 1. The number of halogens is 2. The number of benzene rings is 1. The molecule has 1 aromatic carbocycles. The monoisotopic (exact) mass is 214 g/mol. The van der Waals surface area contributed by atoms with Gasteiger partial charge in [-0.05, 0) is 12.1 Å². The third-order valence-electron chi connectivity index (χ3n) is 1.64. The van der Waals surface area contributed by atoms with Gasteiger partial charge in [0.1, 0.15) is 5.82 Å². The lowest BCUT2D eigenvalue weighted by Gasteiger charge is -1.99. The van der Waals surface area contributed by atoms with Gasteiger partial charge in [-0.25, -0.2) is 9.18 Å². The zero-order valence-electron chi connectivity index (χ0n) is 6.75. The summed E-state index contributed by atoms with van der Waals surface area (Å²) in [5.74, 6) is -1.33. The molecule has 2 rings (SSSR count). The summed E-state index contributed by atoms with van der Waals surface area (Å²) in [6.45, 7) is 0. The Morgan fingerprint density at radius 3 is 2.86 bits per heavy atom. The van der Waals surface area contributed by atoms with E-state index in [0.29, 0.717) is 0 Å². The van der Waals surface area contributed by atoms with Gasteiger partial charge < -0.3 is 0 Å². The molecule has 0 atom stereocenters. The Bertz CT molecular complexity index is 500. The second kappa shape index (κ2) is 3.26. The molecule has 0 saturated carbocycles. The van der Waals surface area contributed by atoms with Crippen LogP contribution in [0.25, 0.3) is 11.4 Å². The van der Waals surface area contributed by atoms with Gasteiger partial charge in [0.15, 0.2) is 5.82 Å². The standard InChI is InChI=1S/C8H4ClFN2O2/c9-4-2-1-3-5(10)6(4)7-11-8(13)14-12-7/h1-3H,(H,11,12,13). The first-order chi connectivity index (χ1) is 6.68. The Hall–Kier alpha value is -1.62. The first kappa shape index (κ1) is 8.96. The smallest absolute Gasteiger partial charge is 0.296 e. The Labute approximate surface area is 82.3 Å². The second-order valence-electron chi connectivity index (χ2n) is 2.54. The van der Waals surface area contributed by atoms with Gasteiger partial charge in [-0.3, -0.25) is 9.51 Å². The maximum absolute atomic E-state index is 13.3. The number of hydrogen-bond acceptors (Lipinski definition) is 3. The predicted molar refractivity (Wildman–Crippen MR) is 47.5 cm³/mol. The highest BCUT2D eigenvalue weighted by Crippen LogP contribution is 2.26. The summed E-state index contributed by atoms with van der Waals surface area (Å²) < 4.78 is 17.5. The fraction of sp³-hybridized carbons (Fsp3) is 0. The molecule has 0 aliphatic heterocycles. The summed E-state index contributed by atoms with van der Waals surface area (Å²) in [5, 5.41) is 3.50. The van der Waals surface area contributed by atoms with E-state index >= 15 is 0 Å². The van der Waals surface area contributed by atoms with Gasteiger partial charge in [-0.1, -0.05) is 22.8 Å². The molecule has 72 valence electrons. The molecule has 0 aliphatic carbocycles. The molecule has 0 aliphatic rings. The first-order valence-corrected chi connectivity index (χ1v) is 4.06. The van der Waals surface area contributed by atoms with Crippen molar-refractivity contribution in [1.29, 1.82) is 0 Å². The zero-order valence-corrected chi connectivity index (χ0v) is 7.51. The van der Waals surface area contributed by atoms with E-state index in [1.54, 1.807) is 0 Å². The highest BCUT2D eigenvalue weighted by Gasteiger charge is 2.13. The largest absolute Gasteiger partial charge is 0.439 e. The molecule has 1 N–H and O–H groups in total. The Kier molecular flexibility index (Phi) is 2.09. The normalized spacial score (nSPS) is 10.4. The average Bonchev–Trinajstić information content (AvgIpc) is 2.51. The molecule has 0 unspecified atom stereocenters. The molecule has 0 bridgehead atoms. The molecule has 1 heterocycles. The highest BCUT2D eigenvalue weighted by molar-refractivity contribution is 6.33. The summed E-state index contributed by atoms with van der Waals surface area (Å²) in [4.78, 5) is 12.9. The van der Waals surface area contributed by atoms with Gasteiger partial charge in [0.25, 0.3) is 0 Å². The van der Waals surface area contributed by atoms with E-state index in [1.165, 1.54) is 18.2 Å². The summed E-state index contributed by atoms with van der Waals surface area (Å²) in [6, 6.07) is 4.17. The van der Waals surface area contributed by atoms with Crippen molar-refractivity contribution in [2.24, 2.45) is 0 Å². The zero-order chi connectivity index (χ0) is 10.1. The molecule has 0 spiro atoms. The van der Waals surface area contributed by atoms with E-state index in [1.807, 2.05) is 0 Å². The van der Waals surface area contributed by atoms with Crippen LogP contribution in [0, 0.1) is 5.82 Å². The van der Waals surface area contributed by atoms with E-state index in [4.69, 9.17) is 11.6 Å². The molecule has 1 aromatic heterocycles. The van der Waals surface area contributed by atoms with E-state index in [2.05, 4.69) is 14.7 Å². The minimum absolute atomic E-state index is 0.0156. The molecule has 14 heavy (non-hydrogen) atoms. The maximum atomic E-state index is 13.3. The van der Waals surface area contributed by atoms with Crippen LogP contribution in [0.15, 0.2) is 27.5 Å². The van der Waals surface area contributed by atoms with E-state index in [9.17, 15) is 9.18 Å². The van der Waals surface area contributed by atoms with Crippen LogP contribution in [-0.4, -0.2) is 10.1 Å². The summed E-state index contributed by atoms with van der Waals surface area (Å²) in [7, 11) is 0. The van der Waals surface area contributed by atoms with E-state index in [0.717, 1.165) is 0 Å². The number of aromatic nitrogens is 2. The minimum Gasteiger partial charge on any atom is -0.296 e. The molecule has 6 heteroatoms. The lowest BCUT2D eigenvalue weighted by atomic mass is 10.2. The highest BCUT2D eigenvalue weighted by atomic mass is 35.5. The van der Waals surface area contributed by atoms with Crippen LogP contribution in [0.1, 0.15) is 0 Å². The molecule has 2 aromatic rings. The minimum atomic E-state index is -0.751.